The predicted molar refractivity (Wildman–Crippen MR) is 126 cm³/mol. The minimum Gasteiger partial charge on any atom is -0.373 e. The molecule has 0 bridgehead atoms. The van der Waals surface area contributed by atoms with Crippen molar-refractivity contribution in [2.24, 2.45) is 0 Å². The van der Waals surface area contributed by atoms with Crippen molar-refractivity contribution >= 4 is 51.2 Å². The van der Waals surface area contributed by atoms with E-state index in [1.54, 1.807) is 6.20 Å². The normalized spacial score (nSPS) is 20.9. The molecule has 2 N–H and O–H groups in total. The van der Waals surface area contributed by atoms with Gasteiger partial charge in [0.25, 0.3) is 0 Å². The van der Waals surface area contributed by atoms with Crippen molar-refractivity contribution in [1.82, 2.24) is 30.2 Å². The van der Waals surface area contributed by atoms with Gasteiger partial charge in [-0.15, -0.1) is 0 Å². The van der Waals surface area contributed by atoms with E-state index in [4.69, 9.17) is 26.3 Å². The lowest BCUT2D eigenvalue weighted by atomic mass is 10.2. The fraction of sp³-hybridized carbons (Fsp3) is 0.364. The lowest BCUT2D eigenvalue weighted by Gasteiger charge is -2.25. The molecule has 2 aliphatic rings. The second kappa shape index (κ2) is 8.15. The number of ether oxygens (including phenoxy) is 1. The zero-order chi connectivity index (χ0) is 21.7. The Kier molecular flexibility index (Phi) is 5.14. The van der Waals surface area contributed by atoms with Crippen LogP contribution in [-0.4, -0.2) is 63.3 Å². The Hall–Kier alpha value is -2.46. The Morgan fingerprint density at radius 3 is 3.06 bits per heavy atom. The van der Waals surface area contributed by atoms with Crippen molar-refractivity contribution in [3.63, 3.8) is 0 Å². The molecule has 2 saturated heterocycles. The SMILES string of the molecule is CCc1[nH]c2nc(Sc3cnc4cccnc4c3)nc(N3CC4NCCOC4C3)c2c1Cl. The Labute approximate surface area is 194 Å². The van der Waals surface area contributed by atoms with Crippen LogP contribution in [0.4, 0.5) is 5.82 Å². The van der Waals surface area contributed by atoms with Crippen LogP contribution in [0, 0.1) is 0 Å². The minimum absolute atomic E-state index is 0.156. The largest absolute Gasteiger partial charge is 0.373 e. The third-order valence-electron chi connectivity index (χ3n) is 6.02. The van der Waals surface area contributed by atoms with Gasteiger partial charge in [0.1, 0.15) is 11.5 Å². The molecule has 10 heteroatoms. The summed E-state index contributed by atoms with van der Waals surface area (Å²) in [5, 5.41) is 5.79. The Morgan fingerprint density at radius 2 is 2.19 bits per heavy atom. The Balaban J connectivity index is 1.41. The summed E-state index contributed by atoms with van der Waals surface area (Å²) in [5.74, 6) is 0.852. The first-order chi connectivity index (χ1) is 15.7. The van der Waals surface area contributed by atoms with Crippen LogP contribution >= 0.6 is 23.4 Å². The molecule has 4 aromatic rings. The van der Waals surface area contributed by atoms with Crippen LogP contribution in [0.3, 0.4) is 0 Å². The molecular formula is C22H22ClN7OS. The molecule has 0 radical (unpaired) electrons. The third-order valence-corrected chi connectivity index (χ3v) is 7.26. The van der Waals surface area contributed by atoms with E-state index in [2.05, 4.69) is 32.1 Å². The Bertz CT molecular complexity index is 1300. The van der Waals surface area contributed by atoms with Crippen LogP contribution in [-0.2, 0) is 11.2 Å². The summed E-state index contributed by atoms with van der Waals surface area (Å²) in [7, 11) is 0. The molecule has 32 heavy (non-hydrogen) atoms. The van der Waals surface area contributed by atoms with Gasteiger partial charge in [-0.3, -0.25) is 9.97 Å². The smallest absolute Gasteiger partial charge is 0.196 e. The number of anilines is 1. The lowest BCUT2D eigenvalue weighted by molar-refractivity contribution is 0.0212. The second-order valence-corrected chi connectivity index (χ2v) is 9.43. The molecule has 0 amide bonds. The van der Waals surface area contributed by atoms with E-state index >= 15 is 0 Å². The highest BCUT2D eigenvalue weighted by Crippen LogP contribution is 2.38. The van der Waals surface area contributed by atoms with Crippen LogP contribution in [0.25, 0.3) is 22.1 Å². The average molecular weight is 468 g/mol. The lowest BCUT2D eigenvalue weighted by Crippen LogP contribution is -2.47. The second-order valence-electron chi connectivity index (χ2n) is 8.01. The van der Waals surface area contributed by atoms with Crippen molar-refractivity contribution < 1.29 is 4.74 Å². The van der Waals surface area contributed by atoms with Crippen LogP contribution in [0.2, 0.25) is 5.02 Å². The number of morpholine rings is 1. The summed E-state index contributed by atoms with van der Waals surface area (Å²) >= 11 is 8.24. The molecule has 6 heterocycles. The summed E-state index contributed by atoms with van der Waals surface area (Å²) in [6.45, 7) is 5.30. The highest BCUT2D eigenvalue weighted by molar-refractivity contribution is 7.99. The van der Waals surface area contributed by atoms with Crippen molar-refractivity contribution in [3.8, 4) is 0 Å². The first-order valence-corrected chi connectivity index (χ1v) is 12.0. The van der Waals surface area contributed by atoms with E-state index in [1.807, 2.05) is 24.4 Å². The van der Waals surface area contributed by atoms with E-state index in [9.17, 15) is 0 Å². The van der Waals surface area contributed by atoms with Gasteiger partial charge in [-0.25, -0.2) is 9.97 Å². The third kappa shape index (κ3) is 3.49. The Morgan fingerprint density at radius 1 is 1.25 bits per heavy atom. The maximum absolute atomic E-state index is 6.76. The van der Waals surface area contributed by atoms with E-state index in [0.29, 0.717) is 16.2 Å². The molecule has 2 aliphatic heterocycles. The van der Waals surface area contributed by atoms with Crippen molar-refractivity contribution in [1.29, 1.82) is 0 Å². The molecule has 8 nitrogen and oxygen atoms in total. The summed E-state index contributed by atoms with van der Waals surface area (Å²) in [6.07, 6.45) is 4.56. The van der Waals surface area contributed by atoms with Gasteiger partial charge < -0.3 is 19.9 Å². The molecule has 0 spiro atoms. The van der Waals surface area contributed by atoms with Gasteiger partial charge in [-0.2, -0.15) is 0 Å². The van der Waals surface area contributed by atoms with Crippen molar-refractivity contribution in [2.45, 2.75) is 35.5 Å². The monoisotopic (exact) mass is 467 g/mol. The quantitative estimate of drug-likeness (QED) is 0.441. The molecular weight excluding hydrogens is 446 g/mol. The number of nitrogens with one attached hydrogen (secondary N) is 2. The first kappa shape index (κ1) is 20.2. The molecule has 4 aromatic heterocycles. The van der Waals surface area contributed by atoms with Gasteiger partial charge in [0, 0.05) is 42.6 Å². The summed E-state index contributed by atoms with van der Waals surface area (Å²) in [6, 6.07) is 6.15. The van der Waals surface area contributed by atoms with Gasteiger partial charge in [0.15, 0.2) is 5.16 Å². The standard InChI is InChI=1S/C22H22ClN7OS/c1-2-13-19(23)18-20(27-13)28-22(32-12-8-15-14(26-9-12)4-3-5-24-15)29-21(18)30-10-16-17(11-30)31-7-6-25-16/h3-5,8-9,16-17,25H,2,6-7,10-11H2,1H3,(H,27,28,29). The van der Waals surface area contributed by atoms with Gasteiger partial charge in [0.2, 0.25) is 0 Å². The molecule has 2 unspecified atom stereocenters. The number of hydrogen-bond acceptors (Lipinski definition) is 8. The van der Waals surface area contributed by atoms with Crippen LogP contribution in [0.5, 0.6) is 0 Å². The van der Waals surface area contributed by atoms with Gasteiger partial charge >= 0.3 is 0 Å². The first-order valence-electron chi connectivity index (χ1n) is 10.8. The number of fused-ring (bicyclic) bond motifs is 3. The van der Waals surface area contributed by atoms with Crippen LogP contribution < -0.4 is 10.2 Å². The number of aromatic nitrogens is 5. The van der Waals surface area contributed by atoms with Gasteiger partial charge in [-0.05, 0) is 36.4 Å². The number of pyridine rings is 2. The number of aryl methyl sites for hydroxylation is 1. The van der Waals surface area contributed by atoms with E-state index in [0.717, 1.165) is 71.1 Å². The number of rotatable bonds is 4. The maximum Gasteiger partial charge on any atom is 0.196 e. The average Bonchev–Trinajstić information content (AvgIpc) is 3.39. The van der Waals surface area contributed by atoms with Gasteiger partial charge in [-0.1, -0.05) is 18.5 Å². The van der Waals surface area contributed by atoms with E-state index < -0.39 is 0 Å². The maximum atomic E-state index is 6.76. The fourth-order valence-corrected chi connectivity index (χ4v) is 5.56. The topological polar surface area (TPSA) is 91.8 Å². The number of nitrogens with zero attached hydrogens (tertiary/aromatic N) is 5. The minimum atomic E-state index is 0.156. The van der Waals surface area contributed by atoms with Crippen LogP contribution in [0.15, 0.2) is 40.6 Å². The summed E-state index contributed by atoms with van der Waals surface area (Å²) < 4.78 is 5.98. The molecule has 0 saturated carbocycles. The van der Waals surface area contributed by atoms with Crippen LogP contribution in [0.1, 0.15) is 12.6 Å². The number of hydrogen-bond donors (Lipinski definition) is 2. The molecule has 0 aromatic carbocycles. The molecule has 2 fully saturated rings. The van der Waals surface area contributed by atoms with E-state index in [1.165, 1.54) is 11.8 Å². The molecule has 2 atom stereocenters. The zero-order valence-corrected chi connectivity index (χ0v) is 19.1. The van der Waals surface area contributed by atoms with Gasteiger partial charge in [0.05, 0.1) is 40.2 Å². The fourth-order valence-electron chi connectivity index (χ4n) is 4.45. The van der Waals surface area contributed by atoms with Crippen molar-refractivity contribution in [3.05, 3.63) is 41.3 Å². The molecule has 0 aliphatic carbocycles. The highest BCUT2D eigenvalue weighted by Gasteiger charge is 2.37. The molecule has 164 valence electrons. The number of halogens is 1. The summed E-state index contributed by atoms with van der Waals surface area (Å²) in [4.78, 5) is 25.3. The van der Waals surface area contributed by atoms with Crippen molar-refractivity contribution in [2.75, 3.05) is 31.1 Å². The number of aromatic amines is 1. The number of H-pyrrole nitrogens is 1. The summed E-state index contributed by atoms with van der Waals surface area (Å²) in [5.41, 5.74) is 3.45. The molecule has 6 rings (SSSR count). The predicted octanol–water partition coefficient (Wildman–Crippen LogP) is 3.45. The zero-order valence-electron chi connectivity index (χ0n) is 17.5. The highest BCUT2D eigenvalue weighted by atomic mass is 35.5. The van der Waals surface area contributed by atoms with E-state index in [-0.39, 0.29) is 6.10 Å².